The Labute approximate surface area is 123 Å². The molecular formula is C11H9Cl2N5O2. The zero-order valence-corrected chi connectivity index (χ0v) is 11.4. The smallest absolute Gasteiger partial charge is 0.276 e. The molecule has 0 atom stereocenters. The fourth-order valence-electron chi connectivity index (χ4n) is 1.50. The lowest BCUT2D eigenvalue weighted by Crippen LogP contribution is -2.10. The summed E-state index contributed by atoms with van der Waals surface area (Å²) in [6.45, 7) is 0. The number of nitrogens with one attached hydrogen (secondary N) is 2. The summed E-state index contributed by atoms with van der Waals surface area (Å²) in [6, 6.07) is 7.46. The molecule has 0 saturated carbocycles. The van der Waals surface area contributed by atoms with Crippen LogP contribution in [0.25, 0.3) is 0 Å². The van der Waals surface area contributed by atoms with Gasteiger partial charge in [0.25, 0.3) is 5.69 Å². The first-order chi connectivity index (χ1) is 9.51. The maximum Gasteiger partial charge on any atom is 0.276 e. The number of aromatic nitrogens is 1. The van der Waals surface area contributed by atoms with E-state index in [2.05, 4.69) is 15.7 Å². The predicted octanol–water partition coefficient (Wildman–Crippen LogP) is 3.33. The minimum Gasteiger partial charge on any atom is -0.339 e. The lowest BCUT2D eigenvalue weighted by Gasteiger charge is -2.09. The lowest BCUT2D eigenvalue weighted by atomic mass is 10.3. The van der Waals surface area contributed by atoms with Crippen LogP contribution in [0.1, 0.15) is 0 Å². The summed E-state index contributed by atoms with van der Waals surface area (Å²) in [5.41, 5.74) is 2.58. The molecule has 104 valence electrons. The van der Waals surface area contributed by atoms with E-state index in [1.165, 1.54) is 12.1 Å². The Kier molecular flexibility index (Phi) is 4.23. The van der Waals surface area contributed by atoms with Crippen LogP contribution in [0.2, 0.25) is 10.0 Å². The number of nitrogens with zero attached hydrogens (tertiary/aromatic N) is 2. The first kappa shape index (κ1) is 14.3. The summed E-state index contributed by atoms with van der Waals surface area (Å²) < 4.78 is 0. The normalized spacial score (nSPS) is 10.2. The van der Waals surface area contributed by atoms with Crippen LogP contribution in [-0.4, -0.2) is 9.91 Å². The molecule has 1 aromatic heterocycles. The summed E-state index contributed by atoms with van der Waals surface area (Å²) in [4.78, 5) is 14.3. The molecule has 1 aromatic carbocycles. The summed E-state index contributed by atoms with van der Waals surface area (Å²) >= 11 is 11.9. The van der Waals surface area contributed by atoms with Gasteiger partial charge in [0.15, 0.2) is 0 Å². The summed E-state index contributed by atoms with van der Waals surface area (Å²) in [5.74, 6) is 5.60. The molecule has 4 N–H and O–H groups in total. The van der Waals surface area contributed by atoms with Crippen LogP contribution >= 0.6 is 23.2 Å². The van der Waals surface area contributed by atoms with E-state index in [1.54, 1.807) is 18.2 Å². The average Bonchev–Trinajstić information content (AvgIpc) is 2.43. The number of hydrazine groups is 1. The van der Waals surface area contributed by atoms with E-state index in [0.717, 1.165) is 0 Å². The Morgan fingerprint density at radius 2 is 1.95 bits per heavy atom. The van der Waals surface area contributed by atoms with Crippen LogP contribution in [0.5, 0.6) is 0 Å². The fraction of sp³-hybridized carbons (Fsp3) is 0. The molecule has 0 spiro atoms. The maximum atomic E-state index is 10.8. The summed E-state index contributed by atoms with van der Waals surface area (Å²) in [6.07, 6.45) is 0. The van der Waals surface area contributed by atoms with Gasteiger partial charge in [0.1, 0.15) is 11.6 Å². The Morgan fingerprint density at radius 1 is 1.25 bits per heavy atom. The fourth-order valence-corrected chi connectivity index (χ4v) is 1.85. The molecule has 0 radical (unpaired) electrons. The van der Waals surface area contributed by atoms with Gasteiger partial charge in [-0.3, -0.25) is 10.1 Å². The van der Waals surface area contributed by atoms with E-state index in [0.29, 0.717) is 15.7 Å². The Morgan fingerprint density at radius 3 is 2.60 bits per heavy atom. The number of anilines is 3. The molecule has 0 aliphatic heterocycles. The molecular weight excluding hydrogens is 305 g/mol. The predicted molar refractivity (Wildman–Crippen MR) is 78.4 cm³/mol. The van der Waals surface area contributed by atoms with E-state index in [1.807, 2.05) is 0 Å². The quantitative estimate of drug-likeness (QED) is 0.454. The second kappa shape index (κ2) is 5.91. The van der Waals surface area contributed by atoms with Crippen molar-refractivity contribution >= 4 is 46.2 Å². The van der Waals surface area contributed by atoms with Crippen molar-refractivity contribution in [2.75, 3.05) is 10.7 Å². The van der Waals surface area contributed by atoms with Crippen molar-refractivity contribution in [2.24, 2.45) is 5.84 Å². The van der Waals surface area contributed by atoms with E-state index < -0.39 is 4.92 Å². The van der Waals surface area contributed by atoms with Gasteiger partial charge in [0, 0.05) is 0 Å². The summed E-state index contributed by atoms with van der Waals surface area (Å²) in [7, 11) is 0. The number of hydrogen-bond donors (Lipinski definition) is 3. The number of pyridine rings is 1. The minimum atomic E-state index is -0.548. The highest BCUT2D eigenvalue weighted by atomic mass is 35.5. The number of rotatable bonds is 4. The molecule has 7 nitrogen and oxygen atoms in total. The van der Waals surface area contributed by atoms with Crippen molar-refractivity contribution in [3.8, 4) is 0 Å². The molecule has 0 bridgehead atoms. The number of nitrogens with two attached hydrogens (primary N) is 1. The first-order valence-electron chi connectivity index (χ1n) is 5.35. The molecule has 0 aliphatic rings. The van der Waals surface area contributed by atoms with Crippen molar-refractivity contribution in [3.63, 3.8) is 0 Å². The standard InChI is InChI=1S/C11H9Cl2N5O2/c12-7-2-1-3-8(11(7)13)15-9-4-6(18(19)20)5-10(16-9)17-14/h1-5H,14H2,(H2,15,16,17). The minimum absolute atomic E-state index is 0.153. The van der Waals surface area contributed by atoms with Gasteiger partial charge in [0.2, 0.25) is 0 Å². The van der Waals surface area contributed by atoms with E-state index in [9.17, 15) is 10.1 Å². The molecule has 20 heavy (non-hydrogen) atoms. The highest BCUT2D eigenvalue weighted by Crippen LogP contribution is 2.32. The monoisotopic (exact) mass is 313 g/mol. The number of nitrogen functional groups attached to an aromatic ring is 1. The molecule has 0 unspecified atom stereocenters. The largest absolute Gasteiger partial charge is 0.339 e. The average molecular weight is 314 g/mol. The van der Waals surface area contributed by atoms with Crippen LogP contribution in [0.3, 0.4) is 0 Å². The van der Waals surface area contributed by atoms with Gasteiger partial charge in [-0.05, 0) is 12.1 Å². The van der Waals surface area contributed by atoms with E-state index in [-0.39, 0.29) is 17.3 Å². The second-order valence-electron chi connectivity index (χ2n) is 3.72. The first-order valence-corrected chi connectivity index (χ1v) is 6.11. The molecule has 0 aliphatic carbocycles. The number of hydrogen-bond acceptors (Lipinski definition) is 6. The van der Waals surface area contributed by atoms with E-state index >= 15 is 0 Å². The van der Waals surface area contributed by atoms with Crippen molar-refractivity contribution < 1.29 is 4.92 Å². The highest BCUT2D eigenvalue weighted by molar-refractivity contribution is 6.43. The van der Waals surface area contributed by atoms with Gasteiger partial charge >= 0.3 is 0 Å². The van der Waals surface area contributed by atoms with Crippen LogP contribution < -0.4 is 16.6 Å². The third-order valence-electron chi connectivity index (χ3n) is 2.38. The van der Waals surface area contributed by atoms with Crippen LogP contribution in [0, 0.1) is 10.1 Å². The number of nitro groups is 1. The zero-order chi connectivity index (χ0) is 14.7. The maximum absolute atomic E-state index is 10.8. The molecule has 0 amide bonds. The Bertz CT molecular complexity index is 665. The van der Waals surface area contributed by atoms with Crippen molar-refractivity contribution in [2.45, 2.75) is 0 Å². The third kappa shape index (κ3) is 3.08. The van der Waals surface area contributed by atoms with Crippen molar-refractivity contribution in [3.05, 3.63) is 50.5 Å². The topological polar surface area (TPSA) is 106 Å². The van der Waals surface area contributed by atoms with Crippen molar-refractivity contribution in [1.82, 2.24) is 4.98 Å². The van der Waals surface area contributed by atoms with Gasteiger partial charge in [-0.2, -0.15) is 0 Å². The SMILES string of the molecule is NNc1cc([N+](=O)[O-])cc(Nc2cccc(Cl)c2Cl)n1. The van der Waals surface area contributed by atoms with Gasteiger partial charge in [-0.25, -0.2) is 10.8 Å². The molecule has 2 aromatic rings. The van der Waals surface area contributed by atoms with Gasteiger partial charge in [0.05, 0.1) is 32.8 Å². The van der Waals surface area contributed by atoms with Gasteiger partial charge < -0.3 is 10.7 Å². The van der Waals surface area contributed by atoms with Gasteiger partial charge in [-0.1, -0.05) is 29.3 Å². The molecule has 0 fully saturated rings. The molecule has 0 saturated heterocycles. The van der Waals surface area contributed by atoms with Crippen molar-refractivity contribution in [1.29, 1.82) is 0 Å². The van der Waals surface area contributed by atoms with Crippen LogP contribution in [0.4, 0.5) is 23.0 Å². The Balaban J connectivity index is 2.40. The molecule has 9 heteroatoms. The van der Waals surface area contributed by atoms with Crippen LogP contribution in [-0.2, 0) is 0 Å². The lowest BCUT2D eigenvalue weighted by molar-refractivity contribution is -0.384. The highest BCUT2D eigenvalue weighted by Gasteiger charge is 2.12. The second-order valence-corrected chi connectivity index (χ2v) is 4.51. The number of benzene rings is 1. The Hall–Kier alpha value is -2.09. The zero-order valence-electron chi connectivity index (χ0n) is 9.93. The third-order valence-corrected chi connectivity index (χ3v) is 3.20. The van der Waals surface area contributed by atoms with Gasteiger partial charge in [-0.15, -0.1) is 0 Å². The number of halogens is 2. The van der Waals surface area contributed by atoms with Crippen LogP contribution in [0.15, 0.2) is 30.3 Å². The molecule has 2 rings (SSSR count). The summed E-state index contributed by atoms with van der Waals surface area (Å²) in [5, 5.41) is 14.3. The van der Waals surface area contributed by atoms with E-state index in [4.69, 9.17) is 29.0 Å². The molecule has 1 heterocycles.